The lowest BCUT2D eigenvalue weighted by molar-refractivity contribution is 0.266. The zero-order valence-corrected chi connectivity index (χ0v) is 11.0. The molecule has 1 aromatic rings. The summed E-state index contributed by atoms with van der Waals surface area (Å²) in [6.45, 7) is 1.84. The molecule has 1 rings (SSSR count). The van der Waals surface area contributed by atoms with Gasteiger partial charge in [-0.15, -0.1) is 0 Å². The highest BCUT2D eigenvalue weighted by molar-refractivity contribution is 6.32. The number of aliphatic hydroxyl groups excluding tert-OH is 1. The van der Waals surface area contributed by atoms with E-state index in [-0.39, 0.29) is 6.61 Å². The van der Waals surface area contributed by atoms with Gasteiger partial charge in [-0.25, -0.2) is 0 Å². The van der Waals surface area contributed by atoms with Gasteiger partial charge in [0.2, 0.25) is 0 Å². The fourth-order valence-corrected chi connectivity index (χ4v) is 2.15. The summed E-state index contributed by atoms with van der Waals surface area (Å²) >= 11 is 6.10. The maximum Gasteiger partial charge on any atom is 0.179 e. The number of rotatable bonds is 5. The number of ether oxygens (including phenoxy) is 2. The van der Waals surface area contributed by atoms with Gasteiger partial charge in [-0.1, -0.05) is 18.5 Å². The zero-order chi connectivity index (χ0) is 13.0. The van der Waals surface area contributed by atoms with Crippen molar-refractivity contribution in [1.82, 2.24) is 0 Å². The van der Waals surface area contributed by atoms with Gasteiger partial charge in [-0.3, -0.25) is 0 Å². The second-order valence-electron chi connectivity index (χ2n) is 3.64. The van der Waals surface area contributed by atoms with Crippen LogP contribution in [0.25, 0.3) is 0 Å². The fourth-order valence-electron chi connectivity index (χ4n) is 1.87. The first kappa shape index (κ1) is 14.1. The predicted octanol–water partition coefficient (Wildman–Crippen LogP) is 1.91. The molecule has 0 spiro atoms. The molecular weight excluding hydrogens is 242 g/mol. The Kier molecular flexibility index (Phi) is 5.05. The van der Waals surface area contributed by atoms with E-state index in [0.717, 1.165) is 17.5 Å². The smallest absolute Gasteiger partial charge is 0.179 e. The Hall–Kier alpha value is -0.970. The average Bonchev–Trinajstić information content (AvgIpc) is 2.36. The van der Waals surface area contributed by atoms with Crippen molar-refractivity contribution >= 4 is 11.6 Å². The largest absolute Gasteiger partial charge is 0.493 e. The van der Waals surface area contributed by atoms with E-state index in [0.29, 0.717) is 16.5 Å². The number of methoxy groups -OCH3 is 2. The fraction of sp³-hybridized carbons (Fsp3) is 0.500. The quantitative estimate of drug-likeness (QED) is 0.848. The summed E-state index contributed by atoms with van der Waals surface area (Å²) in [5.74, 6) is 1.08. The molecular formula is C12H18ClNO3. The summed E-state index contributed by atoms with van der Waals surface area (Å²) < 4.78 is 10.5. The van der Waals surface area contributed by atoms with Gasteiger partial charge < -0.3 is 20.3 Å². The minimum absolute atomic E-state index is 0.140. The number of hydrogen-bond acceptors (Lipinski definition) is 4. The van der Waals surface area contributed by atoms with Crippen LogP contribution in [0.2, 0.25) is 5.02 Å². The van der Waals surface area contributed by atoms with Crippen LogP contribution >= 0.6 is 11.6 Å². The van der Waals surface area contributed by atoms with Gasteiger partial charge in [0, 0.05) is 5.56 Å². The van der Waals surface area contributed by atoms with Crippen LogP contribution in [0.15, 0.2) is 6.07 Å². The van der Waals surface area contributed by atoms with E-state index in [1.165, 1.54) is 7.11 Å². The molecule has 0 aliphatic heterocycles. The molecule has 0 radical (unpaired) electrons. The maximum atomic E-state index is 9.15. The monoisotopic (exact) mass is 259 g/mol. The van der Waals surface area contributed by atoms with Gasteiger partial charge in [0.25, 0.3) is 0 Å². The second-order valence-corrected chi connectivity index (χ2v) is 4.04. The molecule has 0 saturated heterocycles. The number of aliphatic hydroxyl groups is 1. The Labute approximate surface area is 106 Å². The molecule has 4 nitrogen and oxygen atoms in total. The highest BCUT2D eigenvalue weighted by Crippen LogP contribution is 2.41. The standard InChI is InChI=1S/C12H18ClNO3/c1-4-7-8(10(14)6-15)5-9(13)12(17-3)11(7)16-2/h5,10,15H,4,6,14H2,1-3H3. The van der Waals surface area contributed by atoms with Crippen molar-refractivity contribution in [2.24, 2.45) is 5.73 Å². The Balaban J connectivity index is 3.47. The third kappa shape index (κ3) is 2.65. The lowest BCUT2D eigenvalue weighted by Crippen LogP contribution is -2.17. The van der Waals surface area contributed by atoms with Crippen molar-refractivity contribution in [2.45, 2.75) is 19.4 Å². The minimum atomic E-state index is -0.470. The Morgan fingerprint density at radius 1 is 1.35 bits per heavy atom. The van der Waals surface area contributed by atoms with Gasteiger partial charge in [0.1, 0.15) is 0 Å². The van der Waals surface area contributed by atoms with Crippen LogP contribution in [-0.4, -0.2) is 25.9 Å². The molecule has 0 aromatic heterocycles. The number of hydrogen-bond donors (Lipinski definition) is 2. The molecule has 1 unspecified atom stereocenters. The van der Waals surface area contributed by atoms with Gasteiger partial charge in [-0.2, -0.15) is 0 Å². The van der Waals surface area contributed by atoms with E-state index in [9.17, 15) is 0 Å². The number of halogens is 1. The van der Waals surface area contributed by atoms with Crippen molar-refractivity contribution in [3.05, 3.63) is 22.2 Å². The Morgan fingerprint density at radius 2 is 1.94 bits per heavy atom. The first-order valence-corrected chi connectivity index (χ1v) is 5.78. The molecule has 0 aliphatic rings. The maximum absolute atomic E-state index is 9.15. The molecule has 17 heavy (non-hydrogen) atoms. The highest BCUT2D eigenvalue weighted by atomic mass is 35.5. The van der Waals surface area contributed by atoms with E-state index in [2.05, 4.69) is 0 Å². The molecule has 96 valence electrons. The molecule has 0 saturated carbocycles. The van der Waals surface area contributed by atoms with Gasteiger partial charge >= 0.3 is 0 Å². The summed E-state index contributed by atoms with van der Waals surface area (Å²) in [6, 6.07) is 1.25. The molecule has 0 amide bonds. The van der Waals surface area contributed by atoms with Crippen LogP contribution in [0, 0.1) is 0 Å². The van der Waals surface area contributed by atoms with Gasteiger partial charge in [-0.05, 0) is 18.1 Å². The third-order valence-electron chi connectivity index (χ3n) is 2.69. The van der Waals surface area contributed by atoms with Crippen molar-refractivity contribution in [3.63, 3.8) is 0 Å². The van der Waals surface area contributed by atoms with Gasteiger partial charge in [0.15, 0.2) is 11.5 Å². The molecule has 3 N–H and O–H groups in total. The van der Waals surface area contributed by atoms with Crippen LogP contribution in [0.4, 0.5) is 0 Å². The molecule has 5 heteroatoms. The molecule has 0 aliphatic carbocycles. The summed E-state index contributed by atoms with van der Waals surface area (Å²) in [4.78, 5) is 0. The Morgan fingerprint density at radius 3 is 2.35 bits per heavy atom. The van der Waals surface area contributed by atoms with E-state index >= 15 is 0 Å². The second kappa shape index (κ2) is 6.10. The average molecular weight is 260 g/mol. The highest BCUT2D eigenvalue weighted by Gasteiger charge is 2.20. The summed E-state index contributed by atoms with van der Waals surface area (Å²) in [5.41, 5.74) is 7.55. The normalized spacial score (nSPS) is 12.4. The first-order chi connectivity index (χ1) is 8.10. The van der Waals surface area contributed by atoms with Crippen LogP contribution in [0.5, 0.6) is 11.5 Å². The summed E-state index contributed by atoms with van der Waals surface area (Å²) in [7, 11) is 3.09. The van der Waals surface area contributed by atoms with Crippen LogP contribution < -0.4 is 15.2 Å². The van der Waals surface area contributed by atoms with E-state index in [1.54, 1.807) is 13.2 Å². The predicted molar refractivity (Wildman–Crippen MR) is 67.9 cm³/mol. The lowest BCUT2D eigenvalue weighted by atomic mass is 9.98. The topological polar surface area (TPSA) is 64.7 Å². The number of benzene rings is 1. The van der Waals surface area contributed by atoms with Crippen molar-refractivity contribution in [1.29, 1.82) is 0 Å². The van der Waals surface area contributed by atoms with E-state index in [1.807, 2.05) is 6.92 Å². The van der Waals surface area contributed by atoms with E-state index < -0.39 is 6.04 Å². The number of nitrogens with two attached hydrogens (primary N) is 1. The van der Waals surface area contributed by atoms with Crippen molar-refractivity contribution in [2.75, 3.05) is 20.8 Å². The summed E-state index contributed by atoms with van der Waals surface area (Å²) in [6.07, 6.45) is 0.722. The summed E-state index contributed by atoms with van der Waals surface area (Å²) in [5, 5.41) is 9.58. The van der Waals surface area contributed by atoms with Crippen LogP contribution in [0.1, 0.15) is 24.1 Å². The SMILES string of the molecule is CCc1c(C(N)CO)cc(Cl)c(OC)c1OC. The molecule has 0 heterocycles. The van der Waals surface area contributed by atoms with Crippen LogP contribution in [0.3, 0.4) is 0 Å². The molecule has 0 bridgehead atoms. The van der Waals surface area contributed by atoms with Crippen molar-refractivity contribution < 1.29 is 14.6 Å². The zero-order valence-electron chi connectivity index (χ0n) is 10.3. The van der Waals surface area contributed by atoms with E-state index in [4.69, 9.17) is 31.9 Å². The first-order valence-electron chi connectivity index (χ1n) is 5.40. The molecule has 1 atom stereocenters. The van der Waals surface area contributed by atoms with Gasteiger partial charge in [0.05, 0.1) is 31.9 Å². The Bertz CT molecular complexity index is 396. The minimum Gasteiger partial charge on any atom is -0.493 e. The molecule has 1 aromatic carbocycles. The molecule has 0 fully saturated rings. The van der Waals surface area contributed by atoms with Crippen LogP contribution in [-0.2, 0) is 6.42 Å². The van der Waals surface area contributed by atoms with Crippen molar-refractivity contribution in [3.8, 4) is 11.5 Å². The third-order valence-corrected chi connectivity index (χ3v) is 2.97. The lowest BCUT2D eigenvalue weighted by Gasteiger charge is -2.20.